The molecule has 1 aromatic carbocycles. The Morgan fingerprint density at radius 2 is 1.76 bits per heavy atom. The molecule has 0 aromatic heterocycles. The largest absolute Gasteiger partial charge is 0.468 e. The molecule has 6 aliphatic heterocycles. The van der Waals surface area contributed by atoms with Crippen LogP contribution in [-0.4, -0.2) is 152 Å². The van der Waals surface area contributed by atoms with Gasteiger partial charge in [-0.25, -0.2) is 4.79 Å². The average molecular weight is 870 g/mol. The highest BCUT2D eigenvalue weighted by molar-refractivity contribution is 7.99. The van der Waals surface area contributed by atoms with Gasteiger partial charge in [-0.15, -0.1) is 11.8 Å². The lowest BCUT2D eigenvalue weighted by Gasteiger charge is -2.63. The smallest absolute Gasteiger partial charge is 0.344 e. The van der Waals surface area contributed by atoms with Gasteiger partial charge in [-0.1, -0.05) is 56.0 Å². The lowest BCUT2D eigenvalue weighted by Crippen LogP contribution is -2.79. The molecule has 9 rings (SSSR count). The second-order valence-electron chi connectivity index (χ2n) is 19.4. The second-order valence-corrected chi connectivity index (χ2v) is 20.8. The van der Waals surface area contributed by atoms with Crippen LogP contribution in [0.25, 0.3) is 5.57 Å². The van der Waals surface area contributed by atoms with Gasteiger partial charge in [-0.3, -0.25) is 19.4 Å². The minimum Gasteiger partial charge on any atom is -0.468 e. The first kappa shape index (κ1) is 43.8. The van der Waals surface area contributed by atoms with Crippen LogP contribution >= 0.6 is 11.8 Å². The van der Waals surface area contributed by atoms with Crippen molar-refractivity contribution in [2.75, 3.05) is 66.9 Å². The van der Waals surface area contributed by atoms with Crippen LogP contribution < -0.4 is 5.46 Å². The van der Waals surface area contributed by atoms with Crippen molar-refractivity contribution in [3.63, 3.8) is 0 Å². The van der Waals surface area contributed by atoms with Crippen molar-refractivity contribution in [1.82, 2.24) is 14.7 Å². The van der Waals surface area contributed by atoms with Crippen LogP contribution in [0.15, 0.2) is 64.1 Å². The summed E-state index contributed by atoms with van der Waals surface area (Å²) in [5.41, 5.74) is 0.198. The van der Waals surface area contributed by atoms with E-state index in [4.69, 9.17) is 18.9 Å². The van der Waals surface area contributed by atoms with E-state index in [2.05, 4.69) is 59.2 Å². The van der Waals surface area contributed by atoms with Crippen molar-refractivity contribution in [2.24, 2.45) is 28.1 Å². The van der Waals surface area contributed by atoms with Crippen LogP contribution in [0.3, 0.4) is 0 Å². The third-order valence-corrected chi connectivity index (χ3v) is 17.6. The van der Waals surface area contributed by atoms with Crippen LogP contribution in [-0.2, 0) is 33.3 Å². The quantitative estimate of drug-likeness (QED) is 0.123. The van der Waals surface area contributed by atoms with E-state index in [0.717, 1.165) is 42.0 Å². The SMILES string of the molecule is CCSc1ccc2c(c1)C1=C(B2)[C@@](C(=O)OC)(C2C=C3C(=CC2OC)N(C)[C@H]2[C@@](O)(C(=O)OC)[C@H](OC(C)=O)[C@]4(CC)C=CCN5CC[C@]32[C@@H]54)C[C@@H]2CN(CC1)C[C@](O)(CC)C2. The van der Waals surface area contributed by atoms with E-state index in [0.29, 0.717) is 59.0 Å². The summed E-state index contributed by atoms with van der Waals surface area (Å²) < 4.78 is 24.3. The van der Waals surface area contributed by atoms with E-state index in [1.165, 1.54) is 42.6 Å². The third-order valence-electron chi connectivity index (χ3n) is 16.7. The van der Waals surface area contributed by atoms with Gasteiger partial charge in [0.1, 0.15) is 0 Å². The molecule has 12 nitrogen and oxygen atoms in total. The number of piperidine rings is 1. The monoisotopic (exact) mass is 869 g/mol. The van der Waals surface area contributed by atoms with Gasteiger partial charge in [0, 0.05) is 80.6 Å². The minimum absolute atomic E-state index is 0.0326. The summed E-state index contributed by atoms with van der Waals surface area (Å²) in [5.74, 6) is -1.41. The van der Waals surface area contributed by atoms with Crippen LogP contribution in [0.4, 0.5) is 0 Å². The van der Waals surface area contributed by atoms with Gasteiger partial charge < -0.3 is 34.1 Å². The summed E-state index contributed by atoms with van der Waals surface area (Å²) in [6.07, 6.45) is 10.1. The number of carbonyl (C=O) groups excluding carboxylic acids is 3. The first-order valence-electron chi connectivity index (χ1n) is 22.8. The average Bonchev–Trinajstić information content (AvgIpc) is 3.92. The number of fused-ring (bicyclic) bond motifs is 5. The zero-order valence-electron chi connectivity index (χ0n) is 37.7. The maximum absolute atomic E-state index is 15.6. The number of ether oxygens (including phenoxy) is 4. The Morgan fingerprint density at radius 1 is 0.984 bits per heavy atom. The topological polar surface area (TPSA) is 138 Å². The molecule has 1 saturated carbocycles. The van der Waals surface area contributed by atoms with E-state index >= 15 is 4.79 Å². The number of carbonyl (C=O) groups is 3. The molecule has 12 atom stereocenters. The molecule has 2 aliphatic carbocycles. The van der Waals surface area contributed by atoms with E-state index < -0.39 is 63.6 Å². The summed E-state index contributed by atoms with van der Waals surface area (Å²) in [5, 5.41) is 25.5. The normalized spacial score (nSPS) is 40.3. The number of hydrogen-bond donors (Lipinski definition) is 2. The number of nitrogens with zero attached hydrogens (tertiary/aromatic N) is 3. The number of esters is 3. The fourth-order valence-corrected chi connectivity index (χ4v) is 15.3. The summed E-state index contributed by atoms with van der Waals surface area (Å²) >= 11 is 1.81. The second kappa shape index (κ2) is 15.6. The van der Waals surface area contributed by atoms with E-state index in [9.17, 15) is 19.8 Å². The molecule has 8 aliphatic rings. The highest BCUT2D eigenvalue weighted by atomic mass is 32.2. The Balaban J connectivity index is 1.32. The lowest BCUT2D eigenvalue weighted by molar-refractivity contribution is -0.243. The Labute approximate surface area is 371 Å². The van der Waals surface area contributed by atoms with Gasteiger partial charge >= 0.3 is 17.9 Å². The predicted octanol–water partition coefficient (Wildman–Crippen LogP) is 3.65. The first-order chi connectivity index (χ1) is 29.7. The number of thioether (sulfide) groups is 1. The van der Waals surface area contributed by atoms with Crippen LogP contribution in [0, 0.1) is 28.1 Å². The van der Waals surface area contributed by atoms with Crippen molar-refractivity contribution in [3.05, 3.63) is 64.8 Å². The van der Waals surface area contributed by atoms with Gasteiger partial charge in [0.15, 0.2) is 13.4 Å². The van der Waals surface area contributed by atoms with E-state index in [1.807, 2.05) is 37.6 Å². The van der Waals surface area contributed by atoms with Gasteiger partial charge in [0.25, 0.3) is 0 Å². The molecule has 0 amide bonds. The number of benzene rings is 1. The van der Waals surface area contributed by atoms with Crippen molar-refractivity contribution in [1.29, 1.82) is 0 Å². The van der Waals surface area contributed by atoms with Crippen LogP contribution in [0.5, 0.6) is 0 Å². The lowest BCUT2D eigenvalue weighted by atomic mass is 9.46. The molecular formula is C48H64BN3O9S. The molecule has 6 heterocycles. The number of aliphatic hydroxyl groups is 2. The van der Waals surface area contributed by atoms with E-state index in [1.54, 1.807) is 7.11 Å². The Hall–Kier alpha value is -3.40. The molecule has 14 heteroatoms. The Kier molecular flexibility index (Phi) is 11.1. The predicted molar refractivity (Wildman–Crippen MR) is 239 cm³/mol. The maximum atomic E-state index is 15.6. The van der Waals surface area contributed by atoms with Crippen LogP contribution in [0.1, 0.15) is 71.8 Å². The zero-order valence-corrected chi connectivity index (χ0v) is 38.5. The molecule has 1 spiro atoms. The molecular weight excluding hydrogens is 805 g/mol. The van der Waals surface area contributed by atoms with E-state index in [-0.39, 0.29) is 17.9 Å². The molecule has 2 N–H and O–H groups in total. The van der Waals surface area contributed by atoms with Crippen molar-refractivity contribution in [3.8, 4) is 0 Å². The van der Waals surface area contributed by atoms with Gasteiger partial charge in [0.2, 0.25) is 5.60 Å². The summed E-state index contributed by atoms with van der Waals surface area (Å²) in [7, 11) is 6.95. The molecule has 3 saturated heterocycles. The molecule has 3 unspecified atom stereocenters. The first-order valence-corrected chi connectivity index (χ1v) is 23.8. The fraction of sp³-hybridized carbons (Fsp3) is 0.646. The summed E-state index contributed by atoms with van der Waals surface area (Å²) in [6, 6.07) is 5.57. The molecule has 4 fully saturated rings. The number of allylic oxidation sites excluding steroid dienone is 1. The standard InChI is InChI=1S/C48H64BN3O9S/c1-9-44(56)24-29-25-47(42(54)59-7,38-31(15-19-51(26-29)27-44)32-21-30(62-11-3)13-14-35(32)49-38)34-22-33-36(23-37(34)58-6)50(5)40-46(33)17-20-52-18-12-16-45(10-2,39(46)52)41(61-28(4)53)48(40,57)43(55)60-8/h12-14,16,21-23,29,34,37,39-41,49,56-57H,9-11,15,17-20,24-27H2,1-8H3/t29-,34?,37?,39+,40-,41-,44+,45-,46-,47+,48+/m1/s1. The number of hydrogen-bond acceptors (Lipinski definition) is 13. The zero-order chi connectivity index (χ0) is 44.1. The van der Waals surface area contributed by atoms with Crippen molar-refractivity contribution in [2.45, 2.75) is 107 Å². The summed E-state index contributed by atoms with van der Waals surface area (Å²) in [4.78, 5) is 51.1. The summed E-state index contributed by atoms with van der Waals surface area (Å²) in [6.45, 7) is 11.0. The van der Waals surface area contributed by atoms with Gasteiger partial charge in [-0.2, -0.15) is 0 Å². The Bertz CT molecular complexity index is 2180. The molecule has 334 valence electrons. The Morgan fingerprint density at radius 3 is 2.44 bits per heavy atom. The molecule has 0 radical (unpaired) electrons. The highest BCUT2D eigenvalue weighted by Crippen LogP contribution is 2.70. The van der Waals surface area contributed by atoms with Gasteiger partial charge in [-0.05, 0) is 91.7 Å². The fourth-order valence-electron chi connectivity index (χ4n) is 14.6. The number of likely N-dealkylation sites (tertiary alicyclic amines) is 1. The minimum atomic E-state index is -2.28. The third kappa shape index (κ3) is 5.94. The molecule has 62 heavy (non-hydrogen) atoms. The number of rotatable bonds is 9. The number of methoxy groups -OCH3 is 3. The van der Waals surface area contributed by atoms with Crippen LogP contribution in [0.2, 0.25) is 0 Å². The van der Waals surface area contributed by atoms with Gasteiger partial charge in [0.05, 0.1) is 37.4 Å². The number of likely N-dealkylation sites (N-methyl/N-ethyl adjacent to an activating group) is 1. The highest BCUT2D eigenvalue weighted by Gasteiger charge is 2.81. The molecule has 1 aromatic rings. The molecule has 2 bridgehead atoms. The van der Waals surface area contributed by atoms with Crippen molar-refractivity contribution >= 4 is 48.0 Å². The van der Waals surface area contributed by atoms with Crippen molar-refractivity contribution < 1.29 is 43.5 Å². The maximum Gasteiger partial charge on any atom is 0.344 e.